The molecule has 1 saturated carbocycles. The molecule has 2 heterocycles. The molecule has 1 N–H and O–H groups in total. The summed E-state index contributed by atoms with van der Waals surface area (Å²) in [6, 6.07) is 13.5. The Morgan fingerprint density at radius 3 is 2.76 bits per heavy atom. The number of carbonyl (C=O) groups excluding carboxylic acids is 1. The van der Waals surface area contributed by atoms with Crippen LogP contribution in [0, 0.1) is 0 Å². The largest absolute Gasteiger partial charge is 0.355 e. The number of hydrogen-bond donors (Lipinski definition) is 1. The van der Waals surface area contributed by atoms with Crippen LogP contribution in [0.4, 0.5) is 0 Å². The molecule has 0 aliphatic heterocycles. The van der Waals surface area contributed by atoms with E-state index in [-0.39, 0.29) is 5.91 Å². The minimum Gasteiger partial charge on any atom is -0.355 e. The summed E-state index contributed by atoms with van der Waals surface area (Å²) in [6.45, 7) is 0.595. The molecule has 0 atom stereocenters. The van der Waals surface area contributed by atoms with Gasteiger partial charge in [-0.25, -0.2) is 0 Å². The molecule has 4 nitrogen and oxygen atoms in total. The standard InChI is InChI=1S/C19H17ClN2O2S/c20-14-5-3-13(4-6-14)7-10-21-18(23)19(8-9-19)17-12-15(24-22-17)16-2-1-11-25-16/h1-6,11-12H,7-10H2,(H,21,23). The lowest BCUT2D eigenvalue weighted by Crippen LogP contribution is -2.36. The molecule has 0 radical (unpaired) electrons. The van der Waals surface area contributed by atoms with E-state index in [4.69, 9.17) is 16.1 Å². The van der Waals surface area contributed by atoms with E-state index in [0.717, 1.165) is 46.2 Å². The highest BCUT2D eigenvalue weighted by Crippen LogP contribution is 2.48. The number of benzene rings is 1. The Morgan fingerprint density at radius 2 is 2.08 bits per heavy atom. The smallest absolute Gasteiger partial charge is 0.232 e. The van der Waals surface area contributed by atoms with Crippen molar-refractivity contribution in [2.45, 2.75) is 24.7 Å². The average molecular weight is 373 g/mol. The third-order valence-corrected chi connectivity index (χ3v) is 5.70. The van der Waals surface area contributed by atoms with Gasteiger partial charge >= 0.3 is 0 Å². The van der Waals surface area contributed by atoms with E-state index in [0.29, 0.717) is 6.54 Å². The highest BCUT2D eigenvalue weighted by atomic mass is 35.5. The lowest BCUT2D eigenvalue weighted by atomic mass is 10.0. The van der Waals surface area contributed by atoms with Crippen molar-refractivity contribution in [2.24, 2.45) is 0 Å². The van der Waals surface area contributed by atoms with Crippen molar-refractivity contribution < 1.29 is 9.32 Å². The maximum absolute atomic E-state index is 12.7. The zero-order valence-electron chi connectivity index (χ0n) is 13.5. The molecule has 3 aromatic rings. The molecule has 1 amide bonds. The lowest BCUT2D eigenvalue weighted by Gasteiger charge is -2.12. The fraction of sp³-hybridized carbons (Fsp3) is 0.263. The molecule has 0 unspecified atom stereocenters. The first-order valence-electron chi connectivity index (χ1n) is 8.21. The molecule has 1 aliphatic rings. The number of aromatic nitrogens is 1. The van der Waals surface area contributed by atoms with E-state index in [1.54, 1.807) is 11.3 Å². The number of carbonyl (C=O) groups is 1. The Kier molecular flexibility index (Phi) is 4.36. The molecule has 128 valence electrons. The van der Waals surface area contributed by atoms with Gasteiger partial charge in [-0.1, -0.05) is 35.0 Å². The minimum atomic E-state index is -0.515. The van der Waals surface area contributed by atoms with E-state index >= 15 is 0 Å². The fourth-order valence-electron chi connectivity index (χ4n) is 2.90. The summed E-state index contributed by atoms with van der Waals surface area (Å²) >= 11 is 7.48. The fourth-order valence-corrected chi connectivity index (χ4v) is 3.70. The van der Waals surface area contributed by atoms with E-state index in [9.17, 15) is 4.79 Å². The van der Waals surface area contributed by atoms with Crippen LogP contribution >= 0.6 is 22.9 Å². The Hall–Kier alpha value is -2.11. The van der Waals surface area contributed by atoms with Gasteiger partial charge in [0.15, 0.2) is 5.76 Å². The molecule has 0 bridgehead atoms. The Morgan fingerprint density at radius 1 is 1.28 bits per heavy atom. The normalized spacial score (nSPS) is 15.1. The topological polar surface area (TPSA) is 55.1 Å². The van der Waals surface area contributed by atoms with Crippen molar-refractivity contribution in [2.75, 3.05) is 6.54 Å². The first kappa shape index (κ1) is 16.4. The van der Waals surface area contributed by atoms with Crippen LogP contribution in [0.25, 0.3) is 10.6 Å². The van der Waals surface area contributed by atoms with Crippen LogP contribution in [0.15, 0.2) is 52.4 Å². The van der Waals surface area contributed by atoms with Crippen molar-refractivity contribution in [3.63, 3.8) is 0 Å². The summed E-state index contributed by atoms with van der Waals surface area (Å²) in [5.41, 5.74) is 1.37. The Bertz CT molecular complexity index is 867. The van der Waals surface area contributed by atoms with Crippen molar-refractivity contribution in [1.82, 2.24) is 10.5 Å². The second-order valence-corrected chi connectivity index (χ2v) is 7.65. The maximum atomic E-state index is 12.7. The summed E-state index contributed by atoms with van der Waals surface area (Å²) in [5, 5.41) is 9.91. The van der Waals surface area contributed by atoms with Crippen LogP contribution < -0.4 is 5.32 Å². The average Bonchev–Trinajstić information content (AvgIpc) is 3.03. The zero-order chi connectivity index (χ0) is 17.3. The number of nitrogens with one attached hydrogen (secondary N) is 1. The van der Waals surface area contributed by atoms with Gasteiger partial charge in [-0.05, 0) is 48.4 Å². The molecule has 2 aromatic heterocycles. The Balaban J connectivity index is 1.39. The van der Waals surface area contributed by atoms with Gasteiger partial charge in [0.2, 0.25) is 5.91 Å². The van der Waals surface area contributed by atoms with Crippen LogP contribution in [0.3, 0.4) is 0 Å². The van der Waals surface area contributed by atoms with Gasteiger partial charge < -0.3 is 9.84 Å². The zero-order valence-corrected chi connectivity index (χ0v) is 15.1. The molecular formula is C19H17ClN2O2S. The van der Waals surface area contributed by atoms with Gasteiger partial charge in [-0.15, -0.1) is 11.3 Å². The summed E-state index contributed by atoms with van der Waals surface area (Å²) in [7, 11) is 0. The number of rotatable bonds is 6. The highest BCUT2D eigenvalue weighted by molar-refractivity contribution is 7.13. The molecule has 25 heavy (non-hydrogen) atoms. The van der Waals surface area contributed by atoms with Crippen LogP contribution in [-0.2, 0) is 16.6 Å². The van der Waals surface area contributed by atoms with Crippen LogP contribution in [0.1, 0.15) is 24.1 Å². The third kappa shape index (κ3) is 3.34. The first-order valence-corrected chi connectivity index (χ1v) is 9.47. The predicted molar refractivity (Wildman–Crippen MR) is 98.9 cm³/mol. The maximum Gasteiger partial charge on any atom is 0.232 e. The van der Waals surface area contributed by atoms with E-state index < -0.39 is 5.41 Å². The molecule has 0 spiro atoms. The van der Waals surface area contributed by atoms with Crippen molar-refractivity contribution >= 4 is 28.8 Å². The predicted octanol–water partition coefficient (Wildman–Crippen LogP) is 4.45. The minimum absolute atomic E-state index is 0.0347. The van der Waals surface area contributed by atoms with Gasteiger partial charge in [0, 0.05) is 17.6 Å². The lowest BCUT2D eigenvalue weighted by molar-refractivity contribution is -0.123. The number of amides is 1. The van der Waals surface area contributed by atoms with Gasteiger partial charge in [0.1, 0.15) is 0 Å². The molecule has 1 aromatic carbocycles. The summed E-state index contributed by atoms with van der Waals surface area (Å²) in [4.78, 5) is 13.7. The van der Waals surface area contributed by atoms with E-state index in [1.807, 2.05) is 47.8 Å². The molecule has 4 rings (SSSR count). The van der Waals surface area contributed by atoms with Gasteiger partial charge in [0.25, 0.3) is 0 Å². The second kappa shape index (κ2) is 6.65. The molecular weight excluding hydrogens is 356 g/mol. The van der Waals surface area contributed by atoms with Crippen molar-refractivity contribution in [3.8, 4) is 10.6 Å². The summed E-state index contributed by atoms with van der Waals surface area (Å²) in [5.74, 6) is 0.762. The Labute approximate surface area is 154 Å². The number of halogens is 1. The quantitative estimate of drug-likeness (QED) is 0.695. The number of thiophene rings is 1. The van der Waals surface area contributed by atoms with Gasteiger partial charge in [0.05, 0.1) is 16.0 Å². The second-order valence-electron chi connectivity index (χ2n) is 6.27. The van der Waals surface area contributed by atoms with Gasteiger partial charge in [-0.3, -0.25) is 4.79 Å². The molecule has 0 saturated heterocycles. The number of nitrogens with zero attached hydrogens (tertiary/aromatic N) is 1. The number of hydrogen-bond acceptors (Lipinski definition) is 4. The SMILES string of the molecule is O=C(NCCc1ccc(Cl)cc1)C1(c2cc(-c3cccs3)on2)CC1. The van der Waals surface area contributed by atoms with Crippen LogP contribution in [-0.4, -0.2) is 17.6 Å². The summed E-state index contributed by atoms with van der Waals surface area (Å²) in [6.07, 6.45) is 2.41. The third-order valence-electron chi connectivity index (χ3n) is 4.56. The van der Waals surface area contributed by atoms with E-state index in [2.05, 4.69) is 10.5 Å². The first-order chi connectivity index (χ1) is 12.2. The highest BCUT2D eigenvalue weighted by Gasteiger charge is 2.53. The van der Waals surface area contributed by atoms with E-state index in [1.165, 1.54) is 0 Å². The molecule has 6 heteroatoms. The molecule has 1 fully saturated rings. The monoisotopic (exact) mass is 372 g/mol. The molecule has 1 aliphatic carbocycles. The summed E-state index contributed by atoms with van der Waals surface area (Å²) < 4.78 is 5.44. The van der Waals surface area contributed by atoms with Gasteiger partial charge in [-0.2, -0.15) is 0 Å². The van der Waals surface area contributed by atoms with Crippen molar-refractivity contribution in [1.29, 1.82) is 0 Å². The van der Waals surface area contributed by atoms with Crippen molar-refractivity contribution in [3.05, 3.63) is 64.1 Å². The van der Waals surface area contributed by atoms with Crippen LogP contribution in [0.2, 0.25) is 5.02 Å². The van der Waals surface area contributed by atoms with Crippen LogP contribution in [0.5, 0.6) is 0 Å².